The first-order chi connectivity index (χ1) is 12.0. The Labute approximate surface area is 175 Å². The third-order valence-corrected chi connectivity index (χ3v) is 5.88. The topological polar surface area (TPSA) is 35.9 Å². The second kappa shape index (κ2) is 9.36. The fourth-order valence-corrected chi connectivity index (χ4v) is 4.68. The van der Waals surface area contributed by atoms with Crippen molar-refractivity contribution in [3.8, 4) is 0 Å². The van der Waals surface area contributed by atoms with Crippen molar-refractivity contribution in [1.29, 1.82) is 0 Å². The number of nitrogens with zero attached hydrogens (tertiary/aromatic N) is 3. The van der Waals surface area contributed by atoms with Crippen LogP contribution >= 0.6 is 47.4 Å². The fraction of sp³-hybridized carbons (Fsp3) is 0.444. The molecular formula is C18H22Cl3N3OS. The van der Waals surface area contributed by atoms with E-state index in [2.05, 4.69) is 16.8 Å². The lowest BCUT2D eigenvalue weighted by Gasteiger charge is -2.25. The minimum atomic E-state index is -0.0356. The van der Waals surface area contributed by atoms with Gasteiger partial charge in [-0.05, 0) is 49.2 Å². The van der Waals surface area contributed by atoms with Gasteiger partial charge in [0.15, 0.2) is 5.17 Å². The number of halogens is 3. The average molecular weight is 435 g/mol. The number of thioether (sulfide) groups is 1. The number of carbonyl (C=O) groups is 1. The van der Waals surface area contributed by atoms with Crippen molar-refractivity contribution in [2.75, 3.05) is 25.0 Å². The average Bonchev–Trinajstić information content (AvgIpc) is 2.96. The summed E-state index contributed by atoms with van der Waals surface area (Å²) in [6, 6.07) is 5.17. The van der Waals surface area contributed by atoms with Crippen molar-refractivity contribution in [2.24, 2.45) is 4.99 Å². The van der Waals surface area contributed by atoms with E-state index < -0.39 is 0 Å². The molecule has 0 saturated heterocycles. The second-order valence-electron chi connectivity index (χ2n) is 6.14. The molecule has 0 unspecified atom stereocenters. The van der Waals surface area contributed by atoms with Crippen molar-refractivity contribution in [3.63, 3.8) is 0 Å². The van der Waals surface area contributed by atoms with Gasteiger partial charge in [0, 0.05) is 41.6 Å². The molecule has 0 fully saturated rings. The van der Waals surface area contributed by atoms with Gasteiger partial charge in [-0.1, -0.05) is 36.5 Å². The van der Waals surface area contributed by atoms with Gasteiger partial charge >= 0.3 is 0 Å². The van der Waals surface area contributed by atoms with Crippen LogP contribution in [0.2, 0.25) is 10.0 Å². The van der Waals surface area contributed by atoms with E-state index >= 15 is 0 Å². The number of rotatable bonds is 5. The zero-order valence-electron chi connectivity index (χ0n) is 14.8. The maximum Gasteiger partial charge on any atom is 0.266 e. The molecular weight excluding hydrogens is 413 g/mol. The normalized spacial score (nSPS) is 16.2. The van der Waals surface area contributed by atoms with Crippen molar-refractivity contribution in [3.05, 3.63) is 38.8 Å². The van der Waals surface area contributed by atoms with Gasteiger partial charge in [0.1, 0.15) is 4.91 Å². The van der Waals surface area contributed by atoms with Crippen molar-refractivity contribution in [1.82, 2.24) is 4.90 Å². The lowest BCUT2D eigenvalue weighted by atomic mass is 10.1. The van der Waals surface area contributed by atoms with Gasteiger partial charge in [0.25, 0.3) is 5.91 Å². The second-order valence-corrected chi connectivity index (χ2v) is 7.99. The fourth-order valence-electron chi connectivity index (χ4n) is 2.96. The Bertz CT molecular complexity index is 731. The molecule has 0 radical (unpaired) electrons. The van der Waals surface area contributed by atoms with Crippen LogP contribution in [0.15, 0.2) is 33.8 Å². The van der Waals surface area contributed by atoms with Crippen LogP contribution in [0.3, 0.4) is 0 Å². The molecule has 0 saturated carbocycles. The molecule has 2 aliphatic heterocycles. The monoisotopic (exact) mass is 433 g/mol. The van der Waals surface area contributed by atoms with Crippen LogP contribution in [-0.4, -0.2) is 36.1 Å². The Balaban J connectivity index is 0.00000243. The summed E-state index contributed by atoms with van der Waals surface area (Å²) in [5.74, 6) is -0.0356. The van der Waals surface area contributed by atoms with E-state index in [1.165, 1.54) is 11.8 Å². The Morgan fingerprint density at radius 1 is 1.31 bits per heavy atom. The van der Waals surface area contributed by atoms with E-state index in [4.69, 9.17) is 23.2 Å². The number of allylic oxidation sites excluding steroid dienone is 1. The van der Waals surface area contributed by atoms with Gasteiger partial charge in [-0.3, -0.25) is 9.79 Å². The highest BCUT2D eigenvalue weighted by molar-refractivity contribution is 8.18. The number of likely N-dealkylation sites (N-methyl/N-ethyl adjacent to an activating group) is 1. The summed E-state index contributed by atoms with van der Waals surface area (Å²) >= 11 is 13.7. The molecule has 1 aromatic carbocycles. The van der Waals surface area contributed by atoms with Crippen molar-refractivity contribution in [2.45, 2.75) is 32.6 Å². The smallest absolute Gasteiger partial charge is 0.266 e. The zero-order chi connectivity index (χ0) is 18.0. The third kappa shape index (κ3) is 4.50. The van der Waals surface area contributed by atoms with Crippen LogP contribution in [0.4, 0.5) is 5.69 Å². The van der Waals surface area contributed by atoms with E-state index in [1.54, 1.807) is 30.1 Å². The number of anilines is 1. The van der Waals surface area contributed by atoms with Crippen LogP contribution in [0.25, 0.3) is 0 Å². The predicted octanol–water partition coefficient (Wildman–Crippen LogP) is 5.59. The Kier molecular flexibility index (Phi) is 7.71. The van der Waals surface area contributed by atoms with Gasteiger partial charge in [0.05, 0.1) is 0 Å². The molecule has 1 amide bonds. The maximum atomic E-state index is 13.2. The van der Waals surface area contributed by atoms with Crippen LogP contribution in [-0.2, 0) is 4.79 Å². The molecule has 0 bridgehead atoms. The highest BCUT2D eigenvalue weighted by Gasteiger charge is 2.35. The molecule has 0 aliphatic carbocycles. The molecule has 3 rings (SSSR count). The van der Waals surface area contributed by atoms with Crippen LogP contribution in [0.5, 0.6) is 0 Å². The number of benzene rings is 1. The van der Waals surface area contributed by atoms with Gasteiger partial charge in [-0.25, -0.2) is 0 Å². The van der Waals surface area contributed by atoms with Crippen molar-refractivity contribution < 1.29 is 4.79 Å². The molecule has 2 aliphatic rings. The lowest BCUT2D eigenvalue weighted by Crippen LogP contribution is -2.30. The summed E-state index contributed by atoms with van der Waals surface area (Å²) in [6.45, 7) is 3.94. The molecule has 0 N–H and O–H groups in total. The number of amides is 1. The van der Waals surface area contributed by atoms with E-state index in [0.717, 1.165) is 54.5 Å². The number of aliphatic imine (C=N–C) groups is 1. The summed E-state index contributed by atoms with van der Waals surface area (Å²) in [4.78, 5) is 22.4. The van der Waals surface area contributed by atoms with Gasteiger partial charge in [0.2, 0.25) is 0 Å². The number of hydrogen-bond donors (Lipinski definition) is 0. The van der Waals surface area contributed by atoms with E-state index in [0.29, 0.717) is 15.7 Å². The van der Waals surface area contributed by atoms with Crippen LogP contribution in [0, 0.1) is 0 Å². The summed E-state index contributed by atoms with van der Waals surface area (Å²) in [6.07, 6.45) is 4.08. The summed E-state index contributed by atoms with van der Waals surface area (Å²) in [5, 5.41) is 1.99. The minimum Gasteiger partial charge on any atom is -0.323 e. The van der Waals surface area contributed by atoms with Crippen molar-refractivity contribution >= 4 is 64.1 Å². The predicted molar refractivity (Wildman–Crippen MR) is 115 cm³/mol. The molecule has 26 heavy (non-hydrogen) atoms. The van der Waals surface area contributed by atoms with Gasteiger partial charge in [-0.15, -0.1) is 12.4 Å². The first kappa shape index (κ1) is 21.4. The standard InChI is InChI=1S/C18H21Cl2N3OS.ClH/c1-3-4-6-15-16(25-18-21-7-5-8-23(15)18)17(24)22(2)14-10-12(19)9-13(20)11-14;/h9-11H,3-8H2,1-2H3;1H. The number of carbonyl (C=O) groups excluding carboxylic acids is 1. The molecule has 4 nitrogen and oxygen atoms in total. The Morgan fingerprint density at radius 2 is 2.00 bits per heavy atom. The highest BCUT2D eigenvalue weighted by atomic mass is 35.5. The number of hydrogen-bond acceptors (Lipinski definition) is 4. The number of fused-ring (bicyclic) bond motifs is 1. The van der Waals surface area contributed by atoms with Crippen LogP contribution in [0.1, 0.15) is 32.6 Å². The highest BCUT2D eigenvalue weighted by Crippen LogP contribution is 2.40. The van der Waals surface area contributed by atoms with E-state index in [1.807, 2.05) is 0 Å². The summed E-state index contributed by atoms with van der Waals surface area (Å²) in [7, 11) is 1.76. The van der Waals surface area contributed by atoms with E-state index in [-0.39, 0.29) is 18.3 Å². The molecule has 1 aromatic rings. The molecule has 0 atom stereocenters. The summed E-state index contributed by atoms with van der Waals surface area (Å²) < 4.78 is 0. The molecule has 8 heteroatoms. The number of unbranched alkanes of at least 4 members (excludes halogenated alkanes) is 1. The first-order valence-corrected chi connectivity index (χ1v) is 10.1. The SMILES string of the molecule is CCCCC1=C(C(=O)N(C)c2cc(Cl)cc(Cl)c2)SC2=NCCCN21.Cl. The Morgan fingerprint density at radius 3 is 2.65 bits per heavy atom. The van der Waals surface area contributed by atoms with Gasteiger partial charge in [-0.2, -0.15) is 0 Å². The zero-order valence-corrected chi connectivity index (χ0v) is 17.9. The number of amidine groups is 1. The minimum absolute atomic E-state index is 0. The maximum absolute atomic E-state index is 13.2. The Hall–Kier alpha value is -0.880. The molecule has 142 valence electrons. The first-order valence-electron chi connectivity index (χ1n) is 8.48. The largest absolute Gasteiger partial charge is 0.323 e. The quantitative estimate of drug-likeness (QED) is 0.606. The van der Waals surface area contributed by atoms with Gasteiger partial charge < -0.3 is 9.80 Å². The molecule has 0 spiro atoms. The lowest BCUT2D eigenvalue weighted by molar-refractivity contribution is -0.114. The van der Waals surface area contributed by atoms with E-state index in [9.17, 15) is 4.79 Å². The molecule has 2 heterocycles. The summed E-state index contributed by atoms with van der Waals surface area (Å²) in [5.41, 5.74) is 1.80. The third-order valence-electron chi connectivity index (χ3n) is 4.30. The van der Waals surface area contributed by atoms with Crippen LogP contribution < -0.4 is 4.90 Å². The molecule has 0 aromatic heterocycles.